The predicted octanol–water partition coefficient (Wildman–Crippen LogP) is 3.05. The molecule has 0 atom stereocenters. The van der Waals surface area contributed by atoms with Gasteiger partial charge in [-0.1, -0.05) is 48.5 Å². The quantitative estimate of drug-likeness (QED) is 0.583. The average molecular weight is 442 g/mol. The molecule has 1 aliphatic rings. The van der Waals surface area contributed by atoms with Crippen LogP contribution in [0.5, 0.6) is 0 Å². The van der Waals surface area contributed by atoms with Crippen molar-refractivity contribution in [1.82, 2.24) is 10.3 Å². The smallest absolute Gasteiger partial charge is 0.270 e. The van der Waals surface area contributed by atoms with Crippen molar-refractivity contribution in [2.75, 3.05) is 23.1 Å². The van der Waals surface area contributed by atoms with Crippen molar-refractivity contribution in [2.45, 2.75) is 19.3 Å². The van der Waals surface area contributed by atoms with E-state index in [0.29, 0.717) is 18.7 Å². The van der Waals surface area contributed by atoms with Gasteiger partial charge in [0, 0.05) is 24.9 Å². The number of hydrogen-bond acceptors (Lipinski definition) is 5. The number of benzene rings is 2. The molecule has 0 spiro atoms. The zero-order valence-corrected chi connectivity index (χ0v) is 18.1. The largest absolute Gasteiger partial charge is 0.350 e. The van der Waals surface area contributed by atoms with Crippen LogP contribution < -0.4 is 9.62 Å². The minimum Gasteiger partial charge on any atom is -0.350 e. The molecule has 0 radical (unpaired) electrons. The number of aromatic nitrogens is 1. The molecule has 1 N–H and O–H groups in total. The number of fused-ring (bicyclic) bond motifs is 1. The van der Waals surface area contributed by atoms with Gasteiger partial charge in [-0.25, -0.2) is 13.4 Å². The number of nitrogens with zero attached hydrogens (tertiary/aromatic N) is 2. The van der Waals surface area contributed by atoms with Crippen molar-refractivity contribution in [3.63, 3.8) is 0 Å². The van der Waals surface area contributed by atoms with Crippen LogP contribution in [0.1, 0.15) is 26.6 Å². The summed E-state index contributed by atoms with van der Waals surface area (Å²) in [6, 6.07) is 17.7. The van der Waals surface area contributed by atoms with Crippen molar-refractivity contribution in [1.29, 1.82) is 0 Å². The van der Waals surface area contributed by atoms with Crippen LogP contribution in [0.3, 0.4) is 0 Å². The van der Waals surface area contributed by atoms with Crippen molar-refractivity contribution in [2.24, 2.45) is 0 Å². The first-order valence-electron chi connectivity index (χ1n) is 9.88. The Kier molecular flexibility index (Phi) is 6.15. The van der Waals surface area contributed by atoms with E-state index in [1.165, 1.54) is 21.2 Å². The standard InChI is InChI=1S/C22H23N3O3S2/c26-22(19-16-29-21(24-19)11-10-17-6-2-1-3-7-17)23-13-15-30(27,28)25-14-12-18-8-4-5-9-20(18)25/h1-9,16H,10-15H2,(H,23,26). The third kappa shape index (κ3) is 4.71. The molecule has 0 aliphatic carbocycles. The SMILES string of the molecule is O=C(NCCS(=O)(=O)N1CCc2ccccc21)c1csc(CCc2ccccc2)n1. The number of amides is 1. The van der Waals surface area contributed by atoms with Gasteiger partial charge in [-0.05, 0) is 30.0 Å². The van der Waals surface area contributed by atoms with Crippen molar-refractivity contribution in [3.05, 3.63) is 81.8 Å². The summed E-state index contributed by atoms with van der Waals surface area (Å²) in [6.45, 7) is 0.503. The van der Waals surface area contributed by atoms with Crippen LogP contribution in [0.4, 0.5) is 5.69 Å². The first-order valence-corrected chi connectivity index (χ1v) is 12.4. The summed E-state index contributed by atoms with van der Waals surface area (Å²) in [6.07, 6.45) is 2.35. The van der Waals surface area contributed by atoms with Gasteiger partial charge < -0.3 is 5.32 Å². The Balaban J connectivity index is 1.28. The van der Waals surface area contributed by atoms with Gasteiger partial charge in [0.15, 0.2) is 0 Å². The summed E-state index contributed by atoms with van der Waals surface area (Å²) >= 11 is 1.45. The van der Waals surface area contributed by atoms with Crippen LogP contribution in [0.25, 0.3) is 0 Å². The Morgan fingerprint density at radius 1 is 1.07 bits per heavy atom. The highest BCUT2D eigenvalue weighted by atomic mass is 32.2. The number of para-hydroxylation sites is 1. The van der Waals surface area contributed by atoms with E-state index in [1.807, 2.05) is 42.5 Å². The number of hydrogen-bond donors (Lipinski definition) is 1. The maximum Gasteiger partial charge on any atom is 0.270 e. The minimum atomic E-state index is -3.48. The molecule has 0 saturated carbocycles. The molecule has 8 heteroatoms. The van der Waals surface area contributed by atoms with Crippen LogP contribution in [-0.4, -0.2) is 38.2 Å². The third-order valence-electron chi connectivity index (χ3n) is 5.08. The first kappa shape index (κ1) is 20.6. The molecule has 1 aromatic heterocycles. The molecule has 156 valence electrons. The van der Waals surface area contributed by atoms with Crippen molar-refractivity contribution >= 4 is 33.0 Å². The number of sulfonamides is 1. The minimum absolute atomic E-state index is 0.0523. The van der Waals surface area contributed by atoms with E-state index < -0.39 is 10.0 Å². The molecule has 1 amide bonds. The topological polar surface area (TPSA) is 79.4 Å². The maximum absolute atomic E-state index is 12.7. The second-order valence-electron chi connectivity index (χ2n) is 7.13. The Bertz CT molecular complexity index is 1130. The van der Waals surface area contributed by atoms with E-state index in [0.717, 1.165) is 29.1 Å². The van der Waals surface area contributed by atoms with Gasteiger partial charge >= 0.3 is 0 Å². The average Bonchev–Trinajstić information content (AvgIpc) is 3.40. The number of thiazole rings is 1. The van der Waals surface area contributed by atoms with E-state index in [2.05, 4.69) is 22.4 Å². The summed E-state index contributed by atoms with van der Waals surface area (Å²) < 4.78 is 26.8. The summed E-state index contributed by atoms with van der Waals surface area (Å²) in [5.41, 5.74) is 3.35. The molecule has 6 nitrogen and oxygen atoms in total. The molecule has 0 bridgehead atoms. The highest BCUT2D eigenvalue weighted by Gasteiger charge is 2.28. The highest BCUT2D eigenvalue weighted by Crippen LogP contribution is 2.29. The number of anilines is 1. The van der Waals surface area contributed by atoms with Crippen LogP contribution in [0.2, 0.25) is 0 Å². The van der Waals surface area contributed by atoms with Gasteiger partial charge in [-0.15, -0.1) is 11.3 Å². The van der Waals surface area contributed by atoms with E-state index in [4.69, 9.17) is 0 Å². The van der Waals surface area contributed by atoms with Crippen LogP contribution in [0, 0.1) is 0 Å². The lowest BCUT2D eigenvalue weighted by Gasteiger charge is -2.19. The lowest BCUT2D eigenvalue weighted by Crippen LogP contribution is -2.37. The Labute approximate surface area is 180 Å². The molecular formula is C22H23N3O3S2. The number of aryl methyl sites for hydroxylation is 2. The normalized spacial score (nSPS) is 13.3. The summed E-state index contributed by atoms with van der Waals surface area (Å²) in [4.78, 5) is 16.8. The van der Waals surface area contributed by atoms with Crippen molar-refractivity contribution < 1.29 is 13.2 Å². The summed E-state index contributed by atoms with van der Waals surface area (Å²) in [7, 11) is -3.48. The molecule has 3 aromatic rings. The fraction of sp³-hybridized carbons (Fsp3) is 0.273. The van der Waals surface area contributed by atoms with Gasteiger partial charge in [0.25, 0.3) is 5.91 Å². The van der Waals surface area contributed by atoms with E-state index in [-0.39, 0.29) is 18.2 Å². The molecule has 2 aromatic carbocycles. The zero-order chi connectivity index (χ0) is 21.0. The van der Waals surface area contributed by atoms with Gasteiger partial charge in [0.05, 0.1) is 16.4 Å². The van der Waals surface area contributed by atoms with E-state index in [9.17, 15) is 13.2 Å². The van der Waals surface area contributed by atoms with Gasteiger partial charge in [0.1, 0.15) is 5.69 Å². The van der Waals surface area contributed by atoms with Gasteiger partial charge in [0.2, 0.25) is 10.0 Å². The Morgan fingerprint density at radius 2 is 1.83 bits per heavy atom. The van der Waals surface area contributed by atoms with Crippen LogP contribution in [0.15, 0.2) is 60.0 Å². The molecule has 4 rings (SSSR count). The van der Waals surface area contributed by atoms with E-state index in [1.54, 1.807) is 5.38 Å². The zero-order valence-electron chi connectivity index (χ0n) is 16.5. The third-order valence-corrected chi connectivity index (χ3v) is 7.76. The Hall–Kier alpha value is -2.71. The van der Waals surface area contributed by atoms with Crippen LogP contribution in [-0.2, 0) is 29.3 Å². The lowest BCUT2D eigenvalue weighted by atomic mass is 10.1. The molecule has 0 saturated heterocycles. The maximum atomic E-state index is 12.7. The monoisotopic (exact) mass is 441 g/mol. The molecule has 1 aliphatic heterocycles. The second-order valence-corrected chi connectivity index (χ2v) is 10.1. The molecule has 2 heterocycles. The molecule has 30 heavy (non-hydrogen) atoms. The fourth-order valence-electron chi connectivity index (χ4n) is 3.52. The summed E-state index contributed by atoms with van der Waals surface area (Å²) in [5.74, 6) is -0.479. The molecule has 0 unspecified atom stereocenters. The number of carbonyl (C=O) groups is 1. The lowest BCUT2D eigenvalue weighted by molar-refractivity contribution is 0.0951. The van der Waals surface area contributed by atoms with E-state index >= 15 is 0 Å². The molecular weight excluding hydrogens is 418 g/mol. The number of carbonyl (C=O) groups excluding carboxylic acids is 1. The fourth-order valence-corrected chi connectivity index (χ4v) is 5.72. The van der Waals surface area contributed by atoms with Crippen LogP contribution >= 0.6 is 11.3 Å². The number of nitrogens with one attached hydrogen (secondary N) is 1. The van der Waals surface area contributed by atoms with Gasteiger partial charge in [-0.3, -0.25) is 9.10 Å². The second kappa shape index (κ2) is 8.97. The highest BCUT2D eigenvalue weighted by molar-refractivity contribution is 7.92. The molecule has 0 fully saturated rings. The van der Waals surface area contributed by atoms with Crippen molar-refractivity contribution in [3.8, 4) is 0 Å². The predicted molar refractivity (Wildman–Crippen MR) is 120 cm³/mol. The Morgan fingerprint density at radius 3 is 2.67 bits per heavy atom. The summed E-state index contributed by atoms with van der Waals surface area (Å²) in [5, 5.41) is 5.31. The first-order chi connectivity index (χ1) is 14.5. The number of rotatable bonds is 8. The van der Waals surface area contributed by atoms with Gasteiger partial charge in [-0.2, -0.15) is 0 Å².